The number of halogens is 2. The molecule has 0 unspecified atom stereocenters. The third kappa shape index (κ3) is 5.30. The fourth-order valence-electron chi connectivity index (χ4n) is 3.86. The van der Waals surface area contributed by atoms with Crippen LogP contribution < -0.4 is 9.80 Å². The molecule has 0 aliphatic carbocycles. The molecular weight excluding hydrogens is 454 g/mol. The zero-order valence-corrected chi connectivity index (χ0v) is 18.5. The van der Waals surface area contributed by atoms with Gasteiger partial charge in [-0.3, -0.25) is 14.5 Å². The van der Waals surface area contributed by atoms with Crippen molar-refractivity contribution in [2.45, 2.75) is 32.4 Å². The monoisotopic (exact) mass is 478 g/mol. The molecule has 3 heterocycles. The quantitative estimate of drug-likeness (QED) is 0.589. The van der Waals surface area contributed by atoms with Gasteiger partial charge in [0, 0.05) is 37.8 Å². The number of hydrogen-bond donors (Lipinski definition) is 0. The van der Waals surface area contributed by atoms with E-state index in [1.165, 1.54) is 28.9 Å². The Labute approximate surface area is 193 Å². The highest BCUT2D eigenvalue weighted by Crippen LogP contribution is 2.32. The van der Waals surface area contributed by atoms with E-state index in [0.29, 0.717) is 6.42 Å². The van der Waals surface area contributed by atoms with E-state index in [4.69, 9.17) is 9.57 Å². The largest absolute Gasteiger partial charge is 0.444 e. The van der Waals surface area contributed by atoms with Crippen molar-refractivity contribution in [2.75, 3.05) is 42.6 Å². The molecule has 4 rings (SSSR count). The second-order valence-electron chi connectivity index (χ2n) is 8.03. The summed E-state index contributed by atoms with van der Waals surface area (Å²) >= 11 is 0. The number of hydroxylamine groups is 2. The number of anilines is 2. The molecule has 13 heteroatoms. The van der Waals surface area contributed by atoms with Crippen LogP contribution in [-0.4, -0.2) is 76.7 Å². The Balaban J connectivity index is 1.42. The number of rotatable bonds is 7. The Kier molecular flexibility index (Phi) is 7.01. The van der Waals surface area contributed by atoms with Crippen LogP contribution in [0.2, 0.25) is 0 Å². The summed E-state index contributed by atoms with van der Waals surface area (Å²) in [6.45, 7) is 1.89. The van der Waals surface area contributed by atoms with Crippen molar-refractivity contribution in [2.24, 2.45) is 0 Å². The Bertz CT molecular complexity index is 1040. The first kappa shape index (κ1) is 23.5. The molecule has 0 bridgehead atoms. The topological polar surface area (TPSA) is 110 Å². The number of carbonyl (C=O) groups is 3. The van der Waals surface area contributed by atoms with Crippen LogP contribution in [0, 0.1) is 11.6 Å². The minimum absolute atomic E-state index is 0.0315. The minimum Gasteiger partial charge on any atom is -0.444 e. The number of ketones is 1. The minimum atomic E-state index is -0.850. The van der Waals surface area contributed by atoms with Crippen LogP contribution >= 0.6 is 0 Å². The summed E-state index contributed by atoms with van der Waals surface area (Å²) < 4.78 is 36.6. The molecule has 0 radical (unpaired) electrons. The van der Waals surface area contributed by atoms with E-state index in [1.54, 1.807) is 0 Å². The molecule has 0 spiro atoms. The van der Waals surface area contributed by atoms with Crippen LogP contribution in [0.4, 0.5) is 25.0 Å². The smallest absolute Gasteiger partial charge is 0.414 e. The summed E-state index contributed by atoms with van der Waals surface area (Å²) in [7, 11) is 0. The molecule has 34 heavy (non-hydrogen) atoms. The molecule has 2 aliphatic heterocycles. The van der Waals surface area contributed by atoms with Gasteiger partial charge in [-0.25, -0.2) is 23.3 Å². The Morgan fingerprint density at radius 2 is 1.94 bits per heavy atom. The van der Waals surface area contributed by atoms with E-state index in [-0.39, 0.29) is 68.8 Å². The van der Waals surface area contributed by atoms with Crippen molar-refractivity contribution < 1.29 is 32.7 Å². The maximum atomic E-state index is 15.0. The summed E-state index contributed by atoms with van der Waals surface area (Å²) in [4.78, 5) is 43.8. The lowest BCUT2D eigenvalue weighted by molar-refractivity contribution is -0.182. The van der Waals surface area contributed by atoms with Gasteiger partial charge in [-0.05, 0) is 13.3 Å². The van der Waals surface area contributed by atoms with Gasteiger partial charge in [-0.1, -0.05) is 5.21 Å². The van der Waals surface area contributed by atoms with Crippen molar-refractivity contribution >= 4 is 29.2 Å². The predicted octanol–water partition coefficient (Wildman–Crippen LogP) is 1.53. The van der Waals surface area contributed by atoms with Crippen molar-refractivity contribution in [3.63, 3.8) is 0 Å². The first-order valence-corrected chi connectivity index (χ1v) is 10.8. The maximum Gasteiger partial charge on any atom is 0.414 e. The molecule has 1 aromatic carbocycles. The standard InChI is InChI=1S/C21H24F2N6O5/c1-14(30)2-3-16-12-28(21(32)34-16)15-10-17(22)20(18(23)11-15)26-6-7-29(33-9-8-26)19(31)13-27-5-4-24-25-27/h4-5,10-11,16H,2-3,6-9,12-13H2,1H3/t16-/m0/s1. The van der Waals surface area contributed by atoms with Gasteiger partial charge >= 0.3 is 6.09 Å². The summed E-state index contributed by atoms with van der Waals surface area (Å²) in [5.74, 6) is -2.10. The molecular formula is C21H24F2N6O5. The normalized spacial score (nSPS) is 18.7. The average Bonchev–Trinajstić information content (AvgIpc) is 3.35. The maximum absolute atomic E-state index is 15.0. The third-order valence-electron chi connectivity index (χ3n) is 5.55. The second-order valence-corrected chi connectivity index (χ2v) is 8.03. The van der Waals surface area contributed by atoms with Gasteiger partial charge in [0.15, 0.2) is 11.6 Å². The van der Waals surface area contributed by atoms with Crippen molar-refractivity contribution in [3.8, 4) is 0 Å². The molecule has 11 nitrogen and oxygen atoms in total. The summed E-state index contributed by atoms with van der Waals surface area (Å²) in [6, 6.07) is 2.15. The number of hydrogen-bond acceptors (Lipinski definition) is 8. The highest BCUT2D eigenvalue weighted by atomic mass is 19.1. The molecule has 2 saturated heterocycles. The van der Waals surface area contributed by atoms with Gasteiger partial charge in [0.25, 0.3) is 5.91 Å². The van der Waals surface area contributed by atoms with E-state index in [9.17, 15) is 14.4 Å². The average molecular weight is 478 g/mol. The van der Waals surface area contributed by atoms with E-state index in [1.807, 2.05) is 0 Å². The lowest BCUT2D eigenvalue weighted by Crippen LogP contribution is -2.37. The zero-order valence-electron chi connectivity index (χ0n) is 18.5. The van der Waals surface area contributed by atoms with Crippen LogP contribution in [0.1, 0.15) is 19.8 Å². The highest BCUT2D eigenvalue weighted by Gasteiger charge is 2.34. The van der Waals surface area contributed by atoms with Crippen molar-refractivity contribution in [1.82, 2.24) is 20.1 Å². The number of amides is 2. The van der Waals surface area contributed by atoms with Crippen LogP contribution in [0.3, 0.4) is 0 Å². The molecule has 1 aromatic heterocycles. The van der Waals surface area contributed by atoms with E-state index >= 15 is 8.78 Å². The summed E-state index contributed by atoms with van der Waals surface area (Å²) in [5.41, 5.74) is -0.233. The Hall–Kier alpha value is -3.61. The lowest BCUT2D eigenvalue weighted by Gasteiger charge is -2.24. The molecule has 0 saturated carbocycles. The number of Topliss-reactive ketones (excluding diaryl/α,β-unsaturated/α-hetero) is 1. The SMILES string of the molecule is CC(=O)CC[C@H]1CN(c2cc(F)c(N3CCON(C(=O)Cn4ccnn4)CC3)c(F)c2)C(=O)O1. The number of benzene rings is 1. The third-order valence-corrected chi connectivity index (χ3v) is 5.55. The van der Waals surface area contributed by atoms with Gasteiger partial charge in [0.1, 0.15) is 24.1 Å². The van der Waals surface area contributed by atoms with Crippen molar-refractivity contribution in [3.05, 3.63) is 36.2 Å². The van der Waals surface area contributed by atoms with Gasteiger partial charge in [-0.2, -0.15) is 0 Å². The van der Waals surface area contributed by atoms with Crippen LogP contribution in [0.15, 0.2) is 24.5 Å². The lowest BCUT2D eigenvalue weighted by atomic mass is 10.1. The number of carbonyl (C=O) groups excluding carboxylic acids is 3. The summed E-state index contributed by atoms with van der Waals surface area (Å²) in [5, 5.41) is 8.51. The van der Waals surface area contributed by atoms with E-state index in [0.717, 1.165) is 22.1 Å². The first-order valence-electron chi connectivity index (χ1n) is 10.8. The highest BCUT2D eigenvalue weighted by molar-refractivity contribution is 5.90. The second kappa shape index (κ2) is 10.1. The van der Waals surface area contributed by atoms with E-state index < -0.39 is 23.8 Å². The Morgan fingerprint density at radius 1 is 1.18 bits per heavy atom. The number of aromatic nitrogens is 3. The number of cyclic esters (lactones) is 1. The van der Waals surface area contributed by atoms with Gasteiger partial charge in [0.05, 0.1) is 31.6 Å². The number of nitrogens with zero attached hydrogens (tertiary/aromatic N) is 6. The Morgan fingerprint density at radius 3 is 2.62 bits per heavy atom. The predicted molar refractivity (Wildman–Crippen MR) is 114 cm³/mol. The summed E-state index contributed by atoms with van der Waals surface area (Å²) in [6.07, 6.45) is 2.34. The van der Waals surface area contributed by atoms with Gasteiger partial charge < -0.3 is 14.4 Å². The van der Waals surface area contributed by atoms with Crippen LogP contribution in [0.25, 0.3) is 0 Å². The first-order chi connectivity index (χ1) is 16.3. The molecule has 2 fully saturated rings. The molecule has 2 aliphatic rings. The fraction of sp³-hybridized carbons (Fsp3) is 0.476. The fourth-order valence-corrected chi connectivity index (χ4v) is 3.86. The van der Waals surface area contributed by atoms with Crippen LogP contribution in [-0.2, 0) is 25.7 Å². The molecule has 2 aromatic rings. The molecule has 0 N–H and O–H groups in total. The molecule has 1 atom stereocenters. The van der Waals surface area contributed by atoms with Gasteiger partial charge in [0.2, 0.25) is 0 Å². The zero-order chi connectivity index (χ0) is 24.2. The van der Waals surface area contributed by atoms with E-state index in [2.05, 4.69) is 10.3 Å². The van der Waals surface area contributed by atoms with Crippen molar-refractivity contribution in [1.29, 1.82) is 0 Å². The number of ether oxygens (including phenoxy) is 1. The van der Waals surface area contributed by atoms with Crippen LogP contribution in [0.5, 0.6) is 0 Å². The molecule has 2 amide bonds. The molecule has 182 valence electrons. The van der Waals surface area contributed by atoms with Gasteiger partial charge in [-0.15, -0.1) is 5.10 Å².